The van der Waals surface area contributed by atoms with Crippen LogP contribution < -0.4 is 10.6 Å². The zero-order valence-electron chi connectivity index (χ0n) is 14.5. The molecule has 0 bridgehead atoms. The molecule has 0 aliphatic carbocycles. The van der Waals surface area contributed by atoms with Crippen molar-refractivity contribution in [3.05, 3.63) is 76.4 Å². The lowest BCUT2D eigenvalue weighted by molar-refractivity contribution is -0.137. The van der Waals surface area contributed by atoms with Crippen LogP contribution in [-0.2, 0) is 6.18 Å². The van der Waals surface area contributed by atoms with Crippen LogP contribution in [0.4, 0.5) is 30.6 Å². The number of anilines is 3. The van der Waals surface area contributed by atoms with Crippen LogP contribution in [0.2, 0.25) is 5.02 Å². The lowest BCUT2D eigenvalue weighted by atomic mass is 10.1. The van der Waals surface area contributed by atoms with Crippen molar-refractivity contribution in [1.82, 2.24) is 9.97 Å². The van der Waals surface area contributed by atoms with Gasteiger partial charge in [-0.25, -0.2) is 9.97 Å². The number of nitrogens with one attached hydrogen (secondary N) is 2. The first-order valence-electron chi connectivity index (χ1n) is 8.07. The molecule has 0 aliphatic heterocycles. The minimum Gasteiger partial charge on any atom is -0.324 e. The van der Waals surface area contributed by atoms with Crippen LogP contribution in [0.25, 0.3) is 0 Å². The van der Waals surface area contributed by atoms with Gasteiger partial charge in [0.05, 0.1) is 10.6 Å². The Morgan fingerprint density at radius 3 is 2.39 bits per heavy atom. The first kappa shape index (κ1) is 19.6. The summed E-state index contributed by atoms with van der Waals surface area (Å²) in [5, 5.41) is 5.19. The minimum atomic E-state index is -4.53. The standard InChI is InChI=1S/C19H14ClF3N4O/c1-11-5-7-12(8-6-11)18(28)27-16-4-2-3-15(25-16)26-17-14(20)9-13(10-24-17)19(21,22)23/h2-10H,1H3,(H2,24,25,26,27,28). The number of aromatic nitrogens is 2. The van der Waals surface area contributed by atoms with E-state index in [1.54, 1.807) is 30.3 Å². The number of carbonyl (C=O) groups excluding carboxylic acids is 1. The fourth-order valence-corrected chi connectivity index (χ4v) is 2.49. The number of halogens is 4. The summed E-state index contributed by atoms with van der Waals surface area (Å²) < 4.78 is 38.1. The summed E-state index contributed by atoms with van der Waals surface area (Å²) >= 11 is 5.88. The highest BCUT2D eigenvalue weighted by molar-refractivity contribution is 6.33. The van der Waals surface area contributed by atoms with Crippen molar-refractivity contribution in [2.75, 3.05) is 10.6 Å². The molecule has 0 aliphatic rings. The molecule has 0 atom stereocenters. The van der Waals surface area contributed by atoms with Gasteiger partial charge in [-0.15, -0.1) is 0 Å². The van der Waals surface area contributed by atoms with E-state index in [4.69, 9.17) is 11.6 Å². The molecular weight excluding hydrogens is 393 g/mol. The summed E-state index contributed by atoms with van der Waals surface area (Å²) in [7, 11) is 0. The quantitative estimate of drug-likeness (QED) is 0.604. The molecule has 0 fully saturated rings. The molecule has 1 amide bonds. The Hall–Kier alpha value is -3.13. The van der Waals surface area contributed by atoms with Gasteiger partial charge in [0.1, 0.15) is 17.5 Å². The van der Waals surface area contributed by atoms with E-state index in [-0.39, 0.29) is 28.4 Å². The van der Waals surface area contributed by atoms with Gasteiger partial charge >= 0.3 is 6.18 Å². The molecule has 0 spiro atoms. The summed E-state index contributed by atoms with van der Waals surface area (Å²) in [6.07, 6.45) is -3.86. The number of pyridine rings is 2. The molecule has 0 saturated carbocycles. The molecule has 2 N–H and O–H groups in total. The van der Waals surface area contributed by atoms with Gasteiger partial charge in [0, 0.05) is 11.8 Å². The highest BCUT2D eigenvalue weighted by Gasteiger charge is 2.31. The second-order valence-corrected chi connectivity index (χ2v) is 6.31. The van der Waals surface area contributed by atoms with Gasteiger partial charge in [-0.1, -0.05) is 35.4 Å². The Kier molecular flexibility index (Phi) is 5.51. The van der Waals surface area contributed by atoms with Gasteiger partial charge in [-0.2, -0.15) is 13.2 Å². The largest absolute Gasteiger partial charge is 0.417 e. The van der Waals surface area contributed by atoms with E-state index in [0.29, 0.717) is 11.8 Å². The third-order valence-electron chi connectivity index (χ3n) is 3.72. The molecule has 2 aromatic heterocycles. The van der Waals surface area contributed by atoms with E-state index < -0.39 is 11.7 Å². The summed E-state index contributed by atoms with van der Waals surface area (Å²) in [5.41, 5.74) is 0.551. The lowest BCUT2D eigenvalue weighted by Crippen LogP contribution is -2.13. The van der Waals surface area contributed by atoms with Crippen molar-refractivity contribution in [3.63, 3.8) is 0 Å². The van der Waals surface area contributed by atoms with Crippen LogP contribution in [0.15, 0.2) is 54.7 Å². The van der Waals surface area contributed by atoms with E-state index in [1.165, 1.54) is 0 Å². The maximum atomic E-state index is 12.7. The number of nitrogens with zero attached hydrogens (tertiary/aromatic N) is 2. The highest BCUT2D eigenvalue weighted by atomic mass is 35.5. The smallest absolute Gasteiger partial charge is 0.324 e. The predicted molar refractivity (Wildman–Crippen MR) is 101 cm³/mol. The zero-order valence-corrected chi connectivity index (χ0v) is 15.3. The molecule has 2 heterocycles. The Morgan fingerprint density at radius 2 is 1.75 bits per heavy atom. The lowest BCUT2D eigenvalue weighted by Gasteiger charge is -2.11. The first-order valence-corrected chi connectivity index (χ1v) is 8.45. The summed E-state index contributed by atoms with van der Waals surface area (Å²) in [6.45, 7) is 1.92. The SMILES string of the molecule is Cc1ccc(C(=O)Nc2cccc(Nc3ncc(C(F)(F)F)cc3Cl)n2)cc1. The summed E-state index contributed by atoms with van der Waals surface area (Å²) in [5.74, 6) is 0.203. The number of benzene rings is 1. The van der Waals surface area contributed by atoms with Crippen LogP contribution in [0.1, 0.15) is 21.5 Å². The van der Waals surface area contributed by atoms with Gasteiger partial charge in [0.25, 0.3) is 5.91 Å². The van der Waals surface area contributed by atoms with Crippen molar-refractivity contribution < 1.29 is 18.0 Å². The number of aryl methyl sites for hydroxylation is 1. The fourth-order valence-electron chi connectivity index (χ4n) is 2.27. The first-order chi connectivity index (χ1) is 13.2. The Morgan fingerprint density at radius 1 is 1.07 bits per heavy atom. The Balaban J connectivity index is 1.75. The fraction of sp³-hybridized carbons (Fsp3) is 0.105. The van der Waals surface area contributed by atoms with E-state index in [2.05, 4.69) is 20.6 Å². The molecule has 3 rings (SSSR count). The van der Waals surface area contributed by atoms with Crippen molar-refractivity contribution in [2.24, 2.45) is 0 Å². The third-order valence-corrected chi connectivity index (χ3v) is 4.01. The Labute approximate surface area is 163 Å². The van der Waals surface area contributed by atoms with E-state index in [9.17, 15) is 18.0 Å². The van der Waals surface area contributed by atoms with Crippen molar-refractivity contribution in [3.8, 4) is 0 Å². The average Bonchev–Trinajstić information content (AvgIpc) is 2.63. The maximum absolute atomic E-state index is 12.7. The molecule has 0 unspecified atom stereocenters. The van der Waals surface area contributed by atoms with Crippen molar-refractivity contribution >= 4 is 35.0 Å². The Bertz CT molecular complexity index is 1010. The second-order valence-electron chi connectivity index (χ2n) is 5.91. The number of hydrogen-bond donors (Lipinski definition) is 2. The van der Waals surface area contributed by atoms with Gasteiger partial charge in [0.2, 0.25) is 0 Å². The second kappa shape index (κ2) is 7.85. The van der Waals surface area contributed by atoms with Gasteiger partial charge < -0.3 is 10.6 Å². The molecule has 0 saturated heterocycles. The summed E-state index contributed by atoms with van der Waals surface area (Å²) in [4.78, 5) is 20.2. The summed E-state index contributed by atoms with van der Waals surface area (Å²) in [6, 6.07) is 12.6. The van der Waals surface area contributed by atoms with Crippen molar-refractivity contribution in [1.29, 1.82) is 0 Å². The third kappa shape index (κ3) is 4.77. The molecule has 144 valence electrons. The van der Waals surface area contributed by atoms with Crippen LogP contribution in [0.3, 0.4) is 0 Å². The van der Waals surface area contributed by atoms with Crippen LogP contribution in [0, 0.1) is 6.92 Å². The molecule has 1 aromatic carbocycles. The molecule has 28 heavy (non-hydrogen) atoms. The number of amides is 1. The highest BCUT2D eigenvalue weighted by Crippen LogP contribution is 2.33. The molecule has 3 aromatic rings. The van der Waals surface area contributed by atoms with Crippen LogP contribution >= 0.6 is 11.6 Å². The molecule has 9 heteroatoms. The zero-order chi connectivity index (χ0) is 20.3. The topological polar surface area (TPSA) is 66.9 Å². The van der Waals surface area contributed by atoms with E-state index in [0.717, 1.165) is 11.6 Å². The van der Waals surface area contributed by atoms with Gasteiger partial charge in [-0.05, 0) is 37.3 Å². The predicted octanol–water partition coefficient (Wildman–Crippen LogP) is 5.45. The molecule has 0 radical (unpaired) electrons. The number of carbonyl (C=O) groups is 1. The van der Waals surface area contributed by atoms with E-state index >= 15 is 0 Å². The monoisotopic (exact) mass is 406 g/mol. The van der Waals surface area contributed by atoms with Crippen LogP contribution in [-0.4, -0.2) is 15.9 Å². The number of hydrogen-bond acceptors (Lipinski definition) is 4. The van der Waals surface area contributed by atoms with Crippen molar-refractivity contribution in [2.45, 2.75) is 13.1 Å². The minimum absolute atomic E-state index is 0.0178. The normalized spacial score (nSPS) is 11.2. The van der Waals surface area contributed by atoms with Crippen LogP contribution in [0.5, 0.6) is 0 Å². The van der Waals surface area contributed by atoms with E-state index in [1.807, 2.05) is 19.1 Å². The maximum Gasteiger partial charge on any atom is 0.417 e. The van der Waals surface area contributed by atoms with Gasteiger partial charge in [-0.3, -0.25) is 4.79 Å². The number of alkyl halides is 3. The van der Waals surface area contributed by atoms with Gasteiger partial charge in [0.15, 0.2) is 0 Å². The molecular formula is C19H14ClF3N4O. The average molecular weight is 407 g/mol. The molecule has 5 nitrogen and oxygen atoms in total. The number of rotatable bonds is 4.